The Hall–Kier alpha value is -0.0325. The average molecular weight is 443 g/mol. The van der Waals surface area contributed by atoms with E-state index in [0.29, 0.717) is 5.92 Å². The summed E-state index contributed by atoms with van der Waals surface area (Å²) in [7, 11) is -8.13. The van der Waals surface area contributed by atoms with E-state index in [0.717, 1.165) is 12.5 Å². The molecule has 0 bridgehead atoms. The van der Waals surface area contributed by atoms with E-state index in [1.807, 2.05) is 0 Å². The average Bonchev–Trinajstić information content (AvgIpc) is 2.39. The summed E-state index contributed by atoms with van der Waals surface area (Å²) in [5, 5.41) is 0. The highest BCUT2D eigenvalue weighted by atomic mass is 28.5. The van der Waals surface area contributed by atoms with E-state index in [9.17, 15) is 0 Å². The Labute approximate surface area is 172 Å². The third-order valence-electron chi connectivity index (χ3n) is 3.75. The third kappa shape index (κ3) is 10.3. The highest BCUT2D eigenvalue weighted by Crippen LogP contribution is 2.30. The molecule has 0 radical (unpaired) electrons. The van der Waals surface area contributed by atoms with Gasteiger partial charge in [-0.05, 0) is 82.4 Å². The minimum atomic E-state index is -2.73. The second-order valence-electron chi connectivity index (χ2n) is 10.7. The first-order chi connectivity index (χ1) is 12.0. The largest absolute Gasteiger partial charge is 0.469 e. The summed E-state index contributed by atoms with van der Waals surface area (Å²) in [4.78, 5) is 0. The molecule has 0 N–H and O–H groups in total. The van der Waals surface area contributed by atoms with Crippen LogP contribution in [0.4, 0.5) is 0 Å². The van der Waals surface area contributed by atoms with Crippen LogP contribution in [0.25, 0.3) is 0 Å². The van der Waals surface area contributed by atoms with Gasteiger partial charge >= 0.3 is 8.80 Å². The van der Waals surface area contributed by atoms with E-state index in [4.69, 9.17) is 12.3 Å². The van der Waals surface area contributed by atoms with Gasteiger partial charge in [0.15, 0.2) is 25.0 Å². The van der Waals surface area contributed by atoms with Crippen LogP contribution in [0.3, 0.4) is 0 Å². The molecule has 0 fully saturated rings. The Balaban J connectivity index is 3.13. The van der Waals surface area contributed by atoms with Crippen molar-refractivity contribution >= 4 is 33.8 Å². The zero-order valence-electron chi connectivity index (χ0n) is 19.5. The smallest absolute Gasteiger partial charge is 0.417 e. The lowest BCUT2D eigenvalue weighted by Gasteiger charge is -2.43. The van der Waals surface area contributed by atoms with Crippen molar-refractivity contribution in [1.29, 1.82) is 0 Å². The lowest BCUT2D eigenvalue weighted by Crippen LogP contribution is -2.60. The van der Waals surface area contributed by atoms with Gasteiger partial charge in [0.2, 0.25) is 0 Å². The third-order valence-corrected chi connectivity index (χ3v) is 15.7. The van der Waals surface area contributed by atoms with Crippen molar-refractivity contribution in [1.82, 2.24) is 0 Å². The molecule has 0 saturated heterocycles. The molecule has 0 aromatic heterocycles. The molecular formula is C20H42O3Si4. The summed E-state index contributed by atoms with van der Waals surface area (Å²) in [6, 6.07) is 9.88. The molecule has 1 aromatic carbocycles. The molecule has 0 aliphatic carbocycles. The van der Waals surface area contributed by atoms with Gasteiger partial charge in [0.25, 0.3) is 0 Å². The molecule has 1 aromatic rings. The molecule has 0 spiro atoms. The Kier molecular flexibility index (Phi) is 8.51. The molecule has 0 unspecified atom stereocenters. The molecule has 1 rings (SSSR count). The topological polar surface area (TPSA) is 27.7 Å². The van der Waals surface area contributed by atoms with E-state index < -0.39 is 33.8 Å². The predicted molar refractivity (Wildman–Crippen MR) is 128 cm³/mol. The fourth-order valence-corrected chi connectivity index (χ4v) is 17.6. The Bertz CT molecular complexity index is 540. The summed E-state index contributed by atoms with van der Waals surface area (Å²) >= 11 is 0. The Morgan fingerprint density at radius 2 is 1.04 bits per heavy atom. The second kappa shape index (κ2) is 9.19. The minimum absolute atomic E-state index is 0.563. The van der Waals surface area contributed by atoms with Crippen molar-refractivity contribution in [2.75, 3.05) is 0 Å². The van der Waals surface area contributed by atoms with Crippen molar-refractivity contribution in [3.05, 3.63) is 35.4 Å². The highest BCUT2D eigenvalue weighted by molar-refractivity contribution is 6.90. The van der Waals surface area contributed by atoms with Crippen LogP contribution in [0.1, 0.15) is 30.9 Å². The first-order valence-electron chi connectivity index (χ1n) is 10.2. The monoisotopic (exact) mass is 442 g/mol. The molecule has 0 heterocycles. The van der Waals surface area contributed by atoms with Crippen LogP contribution in [0.15, 0.2) is 24.3 Å². The van der Waals surface area contributed by atoms with E-state index in [2.05, 4.69) is 97.0 Å². The molecule has 3 nitrogen and oxygen atoms in total. The molecular weight excluding hydrogens is 401 g/mol. The van der Waals surface area contributed by atoms with Crippen molar-refractivity contribution in [2.24, 2.45) is 0 Å². The quantitative estimate of drug-likeness (QED) is 0.371. The number of aryl methyl sites for hydroxylation is 1. The Morgan fingerprint density at radius 3 is 1.33 bits per heavy atom. The van der Waals surface area contributed by atoms with E-state index in [-0.39, 0.29) is 0 Å². The van der Waals surface area contributed by atoms with Gasteiger partial charge in [-0.1, -0.05) is 38.1 Å². The molecule has 27 heavy (non-hydrogen) atoms. The maximum atomic E-state index is 6.76. The maximum absolute atomic E-state index is 6.76. The van der Waals surface area contributed by atoms with Gasteiger partial charge in [-0.25, -0.2) is 0 Å². The minimum Gasteiger partial charge on any atom is -0.417 e. The zero-order chi connectivity index (χ0) is 21.1. The maximum Gasteiger partial charge on any atom is 0.469 e. The van der Waals surface area contributed by atoms with Crippen LogP contribution in [-0.2, 0) is 18.8 Å². The van der Waals surface area contributed by atoms with Gasteiger partial charge in [0.05, 0.1) is 0 Å². The van der Waals surface area contributed by atoms with Crippen LogP contribution in [0, 0.1) is 0 Å². The van der Waals surface area contributed by atoms with Gasteiger partial charge in [0.1, 0.15) is 0 Å². The fraction of sp³-hybridized carbons (Fsp3) is 0.700. The summed E-state index contributed by atoms with van der Waals surface area (Å²) in [6.45, 7) is 24.7. The van der Waals surface area contributed by atoms with E-state index in [1.165, 1.54) is 11.1 Å². The number of hydrogen-bond acceptors (Lipinski definition) is 3. The number of benzene rings is 1. The number of hydrogen-bond donors (Lipinski definition) is 0. The van der Waals surface area contributed by atoms with Crippen LogP contribution in [0.2, 0.25) is 65.0 Å². The summed E-state index contributed by atoms with van der Waals surface area (Å²) in [6.07, 6.45) is 0.948. The number of rotatable bonds is 10. The molecule has 156 valence electrons. The normalized spacial score (nSPS) is 14.1. The lowest BCUT2D eigenvalue weighted by molar-refractivity contribution is 0.252. The first-order valence-corrected chi connectivity index (χ1v) is 22.4. The van der Waals surface area contributed by atoms with Crippen LogP contribution >= 0.6 is 0 Å². The molecule has 7 heteroatoms. The van der Waals surface area contributed by atoms with E-state index >= 15 is 0 Å². The van der Waals surface area contributed by atoms with Crippen LogP contribution < -0.4 is 0 Å². The fourth-order valence-electron chi connectivity index (χ4n) is 2.98. The molecule has 0 aliphatic rings. The predicted octanol–water partition coefficient (Wildman–Crippen LogP) is 6.85. The van der Waals surface area contributed by atoms with Gasteiger partial charge in [0, 0.05) is 6.04 Å². The zero-order valence-corrected chi connectivity index (χ0v) is 23.5. The van der Waals surface area contributed by atoms with Crippen molar-refractivity contribution in [3.63, 3.8) is 0 Å². The van der Waals surface area contributed by atoms with Crippen LogP contribution in [0.5, 0.6) is 0 Å². The lowest BCUT2D eigenvalue weighted by atomic mass is 10.0. The molecule has 0 amide bonds. The standard InChI is InChI=1S/C20H42O3Si4/c1-18(2)20-14-12-19(13-15-20)16-17-27(21-24(3,4)5,22-25(6,7)8)23-26(9,10)11/h12-15,18H,16-17H2,1-11H3. The van der Waals surface area contributed by atoms with Crippen molar-refractivity contribution in [2.45, 2.75) is 91.2 Å². The van der Waals surface area contributed by atoms with E-state index in [1.54, 1.807) is 0 Å². The van der Waals surface area contributed by atoms with Gasteiger partial charge < -0.3 is 12.3 Å². The second-order valence-corrected chi connectivity index (χ2v) is 27.7. The van der Waals surface area contributed by atoms with Gasteiger partial charge in [-0.3, -0.25) is 0 Å². The van der Waals surface area contributed by atoms with Crippen molar-refractivity contribution < 1.29 is 12.3 Å². The Morgan fingerprint density at radius 1 is 0.667 bits per heavy atom. The van der Waals surface area contributed by atoms with Gasteiger partial charge in [-0.2, -0.15) is 0 Å². The van der Waals surface area contributed by atoms with Gasteiger partial charge in [-0.15, -0.1) is 0 Å². The van der Waals surface area contributed by atoms with Crippen LogP contribution in [-0.4, -0.2) is 33.8 Å². The summed E-state index contributed by atoms with van der Waals surface area (Å²) in [5.74, 6) is 0.563. The highest BCUT2D eigenvalue weighted by Gasteiger charge is 2.49. The molecule has 0 atom stereocenters. The summed E-state index contributed by atoms with van der Waals surface area (Å²) < 4.78 is 20.3. The van der Waals surface area contributed by atoms with Crippen molar-refractivity contribution in [3.8, 4) is 0 Å². The summed E-state index contributed by atoms with van der Waals surface area (Å²) in [5.41, 5.74) is 2.73. The SMILES string of the molecule is CC(C)c1ccc(CC[Si](O[Si](C)(C)C)(O[Si](C)(C)C)O[Si](C)(C)C)cc1. The molecule has 0 aliphatic heterocycles. The first kappa shape index (κ1) is 25.0. The molecule has 0 saturated carbocycles.